The van der Waals surface area contributed by atoms with Crippen molar-refractivity contribution in [3.8, 4) is 0 Å². The normalized spacial score (nSPS) is 22.2. The summed E-state index contributed by atoms with van der Waals surface area (Å²) in [5.74, 6) is 0. The first-order valence-electron chi connectivity index (χ1n) is 4.28. The van der Waals surface area contributed by atoms with E-state index in [4.69, 9.17) is 9.31 Å². The largest absolute Gasteiger partial charge is 0.498 e. The summed E-state index contributed by atoms with van der Waals surface area (Å²) >= 11 is 0. The molecule has 0 saturated carbocycles. The number of allylic oxidation sites excluding steroid dienone is 1. The van der Waals surface area contributed by atoms with Gasteiger partial charge in [-0.1, -0.05) is 6.58 Å². The highest BCUT2D eigenvalue weighted by molar-refractivity contribution is 6.54. The number of halogens is 3. The van der Waals surface area contributed by atoms with Gasteiger partial charge in [0.15, 0.2) is 0 Å². The van der Waals surface area contributed by atoms with Crippen molar-refractivity contribution >= 4 is 7.12 Å². The summed E-state index contributed by atoms with van der Waals surface area (Å²) in [5, 5.41) is 0. The maximum Gasteiger partial charge on any atom is 0.498 e. The lowest BCUT2D eigenvalue weighted by Gasteiger charge is -2.35. The van der Waals surface area contributed by atoms with Crippen molar-refractivity contribution in [1.82, 2.24) is 0 Å². The van der Waals surface area contributed by atoms with Crippen molar-refractivity contribution in [2.45, 2.75) is 32.0 Å². The van der Waals surface area contributed by atoms with Gasteiger partial charge in [-0.25, -0.2) is 0 Å². The molecule has 0 N–H and O–H groups in total. The zero-order chi connectivity index (χ0) is 11.0. The molecule has 0 aromatic rings. The van der Waals surface area contributed by atoms with Crippen LogP contribution in [-0.4, -0.2) is 25.5 Å². The Morgan fingerprint density at radius 2 is 2.00 bits per heavy atom. The van der Waals surface area contributed by atoms with Crippen LogP contribution >= 0.6 is 0 Å². The third-order valence-corrected chi connectivity index (χ3v) is 2.05. The van der Waals surface area contributed by atoms with E-state index < -0.39 is 24.4 Å². The Kier molecular flexibility index (Phi) is 2.97. The first-order chi connectivity index (χ1) is 6.22. The van der Waals surface area contributed by atoms with Gasteiger partial charge < -0.3 is 9.31 Å². The second-order valence-corrected chi connectivity index (χ2v) is 3.85. The molecule has 1 heterocycles. The maximum absolute atomic E-state index is 12.2. The minimum absolute atomic E-state index is 0.257. The molecular weight excluding hydrogens is 196 g/mol. The van der Waals surface area contributed by atoms with Gasteiger partial charge in [0.1, 0.15) is 0 Å². The summed E-state index contributed by atoms with van der Waals surface area (Å²) in [4.78, 5) is 0. The van der Waals surface area contributed by atoms with Crippen molar-refractivity contribution in [3.63, 3.8) is 0 Å². The predicted octanol–water partition coefficient (Wildman–Crippen LogP) is 2.35. The van der Waals surface area contributed by atoms with Gasteiger partial charge in [0.2, 0.25) is 0 Å². The Morgan fingerprint density at radius 3 is 2.43 bits per heavy atom. The van der Waals surface area contributed by atoms with Crippen molar-refractivity contribution in [2.24, 2.45) is 0 Å². The second-order valence-electron chi connectivity index (χ2n) is 3.85. The summed E-state index contributed by atoms with van der Waals surface area (Å²) in [7, 11) is -1.36. The van der Waals surface area contributed by atoms with Crippen LogP contribution in [0.5, 0.6) is 0 Å². The molecule has 1 saturated heterocycles. The summed E-state index contributed by atoms with van der Waals surface area (Å²) in [6.07, 6.45) is -3.88. The zero-order valence-electron chi connectivity index (χ0n) is 8.15. The highest BCUT2D eigenvalue weighted by Crippen LogP contribution is 2.31. The lowest BCUT2D eigenvalue weighted by molar-refractivity contribution is -0.0927. The second kappa shape index (κ2) is 3.58. The topological polar surface area (TPSA) is 18.5 Å². The van der Waals surface area contributed by atoms with Crippen molar-refractivity contribution < 1.29 is 22.5 Å². The van der Waals surface area contributed by atoms with E-state index in [9.17, 15) is 13.2 Å². The van der Waals surface area contributed by atoms with Crippen molar-refractivity contribution in [2.75, 3.05) is 6.61 Å². The fourth-order valence-corrected chi connectivity index (χ4v) is 1.10. The van der Waals surface area contributed by atoms with Crippen LogP contribution in [0.2, 0.25) is 0 Å². The van der Waals surface area contributed by atoms with Crippen LogP contribution in [0, 0.1) is 0 Å². The lowest BCUT2D eigenvalue weighted by atomic mass is 9.75. The SMILES string of the molecule is C=C(B1OCCC(C)(C)O1)C(F)(F)F. The molecule has 2 nitrogen and oxygen atoms in total. The van der Waals surface area contributed by atoms with Gasteiger partial charge in [0, 0.05) is 6.61 Å². The maximum atomic E-state index is 12.2. The van der Waals surface area contributed by atoms with Gasteiger partial charge in [-0.15, -0.1) is 0 Å². The number of hydrogen-bond donors (Lipinski definition) is 0. The number of hydrogen-bond acceptors (Lipinski definition) is 2. The summed E-state index contributed by atoms with van der Waals surface area (Å²) < 4.78 is 46.7. The third kappa shape index (κ3) is 2.75. The molecule has 0 aliphatic carbocycles. The van der Waals surface area contributed by atoms with E-state index in [2.05, 4.69) is 6.58 Å². The molecule has 1 aliphatic heterocycles. The van der Waals surface area contributed by atoms with Gasteiger partial charge in [0.05, 0.1) is 11.1 Å². The van der Waals surface area contributed by atoms with Crippen LogP contribution in [0.1, 0.15) is 20.3 Å². The monoisotopic (exact) mass is 208 g/mol. The molecule has 0 atom stereocenters. The fraction of sp³-hybridized carbons (Fsp3) is 0.750. The molecule has 0 aromatic heterocycles. The smallest absolute Gasteiger partial charge is 0.407 e. The van der Waals surface area contributed by atoms with E-state index in [1.54, 1.807) is 13.8 Å². The van der Waals surface area contributed by atoms with E-state index in [0.717, 1.165) is 0 Å². The first kappa shape index (κ1) is 11.6. The van der Waals surface area contributed by atoms with E-state index in [-0.39, 0.29) is 6.61 Å². The Labute approximate surface area is 81.2 Å². The molecular formula is C8H12BF3O2. The Bertz CT molecular complexity index is 237. The van der Waals surface area contributed by atoms with Gasteiger partial charge in [-0.05, 0) is 20.3 Å². The lowest BCUT2D eigenvalue weighted by Crippen LogP contribution is -2.45. The van der Waals surface area contributed by atoms with E-state index in [0.29, 0.717) is 6.42 Å². The average molecular weight is 208 g/mol. The molecule has 0 spiro atoms. The van der Waals surface area contributed by atoms with E-state index in [1.807, 2.05) is 0 Å². The summed E-state index contributed by atoms with van der Waals surface area (Å²) in [6, 6.07) is 0. The molecule has 14 heavy (non-hydrogen) atoms. The number of rotatable bonds is 1. The van der Waals surface area contributed by atoms with E-state index >= 15 is 0 Å². The van der Waals surface area contributed by atoms with Crippen LogP contribution < -0.4 is 0 Å². The standard InChI is InChI=1S/C8H12BF3O2/c1-6(8(10,11)12)9-13-5-4-7(2,3)14-9/h1,4-5H2,2-3H3. The van der Waals surface area contributed by atoms with Crippen LogP contribution in [0.25, 0.3) is 0 Å². The summed E-state index contributed by atoms with van der Waals surface area (Å²) in [5.41, 5.74) is -1.57. The van der Waals surface area contributed by atoms with Crippen LogP contribution in [-0.2, 0) is 9.31 Å². The molecule has 0 amide bonds. The highest BCUT2D eigenvalue weighted by Gasteiger charge is 2.46. The molecule has 1 rings (SSSR count). The molecule has 1 aliphatic rings. The minimum Gasteiger partial charge on any atom is -0.407 e. The molecule has 0 aromatic carbocycles. The molecule has 1 fully saturated rings. The van der Waals surface area contributed by atoms with Gasteiger partial charge in [-0.2, -0.15) is 13.2 Å². The predicted molar refractivity (Wildman–Crippen MR) is 46.7 cm³/mol. The minimum atomic E-state index is -4.46. The van der Waals surface area contributed by atoms with Crippen LogP contribution in [0.15, 0.2) is 12.1 Å². The fourth-order valence-electron chi connectivity index (χ4n) is 1.10. The molecule has 0 unspecified atom stereocenters. The Balaban J connectivity index is 2.66. The highest BCUT2D eigenvalue weighted by atomic mass is 19.4. The quantitative estimate of drug-likeness (QED) is 0.615. The van der Waals surface area contributed by atoms with Crippen LogP contribution in [0.3, 0.4) is 0 Å². The van der Waals surface area contributed by atoms with Gasteiger partial charge >= 0.3 is 13.3 Å². The molecule has 80 valence electrons. The van der Waals surface area contributed by atoms with Crippen molar-refractivity contribution in [1.29, 1.82) is 0 Å². The molecule has 0 radical (unpaired) electrons. The Morgan fingerprint density at radius 1 is 1.43 bits per heavy atom. The van der Waals surface area contributed by atoms with Crippen LogP contribution in [0.4, 0.5) is 13.2 Å². The summed E-state index contributed by atoms with van der Waals surface area (Å²) in [6.45, 7) is 6.65. The first-order valence-corrected chi connectivity index (χ1v) is 4.28. The Hall–Kier alpha value is -0.485. The molecule has 6 heteroatoms. The van der Waals surface area contributed by atoms with E-state index in [1.165, 1.54) is 0 Å². The molecule has 0 bridgehead atoms. The zero-order valence-corrected chi connectivity index (χ0v) is 8.15. The van der Waals surface area contributed by atoms with Gasteiger partial charge in [0.25, 0.3) is 0 Å². The number of alkyl halides is 3. The van der Waals surface area contributed by atoms with Gasteiger partial charge in [-0.3, -0.25) is 0 Å². The third-order valence-electron chi connectivity index (χ3n) is 2.05. The van der Waals surface area contributed by atoms with Crippen molar-refractivity contribution in [3.05, 3.63) is 12.1 Å². The average Bonchev–Trinajstić information content (AvgIpc) is 1.99.